The molecule has 1 aliphatic heterocycles. The summed E-state index contributed by atoms with van der Waals surface area (Å²) in [5.41, 5.74) is 0. The summed E-state index contributed by atoms with van der Waals surface area (Å²) in [7, 11) is 0. The molecule has 0 bridgehead atoms. The van der Waals surface area contributed by atoms with Crippen LogP contribution in [0.3, 0.4) is 0 Å². The van der Waals surface area contributed by atoms with Gasteiger partial charge in [-0.05, 0) is 96.3 Å². The summed E-state index contributed by atoms with van der Waals surface area (Å²) < 4.78 is 17.7. The zero-order valence-electron chi connectivity index (χ0n) is 51.9. The summed E-state index contributed by atoms with van der Waals surface area (Å²) in [5, 5.41) is 57.1. The molecule has 1 heterocycles. The van der Waals surface area contributed by atoms with Crippen LogP contribution in [0.4, 0.5) is 0 Å². The molecule has 1 rings (SSSR count). The molecule has 468 valence electrons. The molecule has 0 aliphatic carbocycles. The Morgan fingerprint density at radius 2 is 0.889 bits per heavy atom. The first kappa shape index (κ1) is 75.9. The van der Waals surface area contributed by atoms with Crippen molar-refractivity contribution < 1.29 is 49.3 Å². The molecule has 0 aromatic carbocycles. The van der Waals surface area contributed by atoms with Gasteiger partial charge in [-0.3, -0.25) is 9.59 Å². The third-order valence-corrected chi connectivity index (χ3v) is 15.3. The number of amides is 1. The van der Waals surface area contributed by atoms with Gasteiger partial charge in [0.15, 0.2) is 12.4 Å². The Balaban J connectivity index is 2.61. The third kappa shape index (κ3) is 45.0. The van der Waals surface area contributed by atoms with Crippen LogP contribution in [0.5, 0.6) is 0 Å². The van der Waals surface area contributed by atoms with Crippen molar-refractivity contribution in [2.45, 2.75) is 333 Å². The highest BCUT2D eigenvalue weighted by atomic mass is 16.7. The Kier molecular flexibility index (Phi) is 53.6. The van der Waals surface area contributed by atoms with Gasteiger partial charge in [0.2, 0.25) is 5.91 Å². The highest BCUT2D eigenvalue weighted by Crippen LogP contribution is 2.26. The van der Waals surface area contributed by atoms with Crippen LogP contribution in [-0.4, -0.2) is 99.6 Å². The van der Waals surface area contributed by atoms with Gasteiger partial charge in [0.05, 0.1) is 25.4 Å². The van der Waals surface area contributed by atoms with Gasteiger partial charge in [-0.15, -0.1) is 0 Å². The van der Waals surface area contributed by atoms with E-state index in [9.17, 15) is 35.1 Å². The highest BCUT2D eigenvalue weighted by molar-refractivity contribution is 5.80. The van der Waals surface area contributed by atoms with Crippen LogP contribution < -0.4 is 5.32 Å². The minimum atomic E-state index is -1.62. The molecule has 0 saturated carbocycles. The second-order valence-corrected chi connectivity index (χ2v) is 22.8. The van der Waals surface area contributed by atoms with Gasteiger partial charge >= 0.3 is 5.97 Å². The van der Waals surface area contributed by atoms with E-state index in [4.69, 9.17) is 14.2 Å². The maximum absolute atomic E-state index is 13.4. The first-order chi connectivity index (χ1) is 39.7. The SMILES string of the molecule is CC/C=C\C/C=C\C/C=C\C/C=C\C/C=C\CCCCCCCCCCCC(=O)OC1C(OCC(NC(=O)C(O)CCCCCCCC/C=C\CCCCCC)C(O)/C=C/CCCCCCCCCCCCC)OC(CO)C(O)C1O. The fourth-order valence-electron chi connectivity index (χ4n) is 10.0. The Bertz CT molecular complexity index is 1640. The maximum Gasteiger partial charge on any atom is 0.306 e. The lowest BCUT2D eigenvalue weighted by molar-refractivity contribution is -0.305. The number of aliphatic hydroxyl groups is 5. The largest absolute Gasteiger partial charge is 0.454 e. The van der Waals surface area contributed by atoms with Crippen LogP contribution in [0.15, 0.2) is 85.1 Å². The van der Waals surface area contributed by atoms with Crippen molar-refractivity contribution >= 4 is 11.9 Å². The summed E-state index contributed by atoms with van der Waals surface area (Å²) in [5.74, 6) is -1.20. The number of nitrogens with one attached hydrogen (secondary N) is 1. The van der Waals surface area contributed by atoms with Crippen molar-refractivity contribution in [1.82, 2.24) is 5.32 Å². The number of carbonyl (C=O) groups excluding carboxylic acids is 2. The van der Waals surface area contributed by atoms with Crippen molar-refractivity contribution in [3.8, 4) is 0 Å². The molecule has 0 radical (unpaired) electrons. The van der Waals surface area contributed by atoms with Crippen molar-refractivity contribution in [1.29, 1.82) is 0 Å². The number of aliphatic hydroxyl groups excluding tert-OH is 5. The fraction of sp³-hybridized carbons (Fsp3) is 0.771. The molecule has 0 aromatic rings. The van der Waals surface area contributed by atoms with E-state index in [1.54, 1.807) is 6.08 Å². The number of unbranched alkanes of at least 4 members (excludes halogenated alkanes) is 30. The number of ether oxygens (including phenoxy) is 3. The predicted molar refractivity (Wildman–Crippen MR) is 338 cm³/mol. The van der Waals surface area contributed by atoms with Crippen molar-refractivity contribution in [3.05, 3.63) is 85.1 Å². The van der Waals surface area contributed by atoms with Crippen molar-refractivity contribution in [2.24, 2.45) is 0 Å². The maximum atomic E-state index is 13.4. The second kappa shape index (κ2) is 57.3. The van der Waals surface area contributed by atoms with Gasteiger partial charge in [0.25, 0.3) is 0 Å². The smallest absolute Gasteiger partial charge is 0.306 e. The Morgan fingerprint density at radius 3 is 1.36 bits per heavy atom. The van der Waals surface area contributed by atoms with E-state index < -0.39 is 67.4 Å². The number of rotatable bonds is 56. The monoisotopic (exact) mass is 1140 g/mol. The molecular weight excluding hydrogens is 1010 g/mol. The molecule has 1 saturated heterocycles. The van der Waals surface area contributed by atoms with Crippen LogP contribution in [0.2, 0.25) is 0 Å². The van der Waals surface area contributed by atoms with Gasteiger partial charge in [-0.1, -0.05) is 266 Å². The zero-order valence-corrected chi connectivity index (χ0v) is 51.9. The Morgan fingerprint density at radius 1 is 0.494 bits per heavy atom. The Hall–Kier alpha value is -3.16. The molecule has 1 amide bonds. The molecule has 11 nitrogen and oxygen atoms in total. The molecule has 6 N–H and O–H groups in total. The first-order valence-corrected chi connectivity index (χ1v) is 33.4. The molecule has 1 aliphatic rings. The average molecular weight is 1140 g/mol. The van der Waals surface area contributed by atoms with Gasteiger partial charge < -0.3 is 45.1 Å². The van der Waals surface area contributed by atoms with Crippen LogP contribution >= 0.6 is 0 Å². The lowest BCUT2D eigenvalue weighted by atomic mass is 9.99. The summed E-state index contributed by atoms with van der Waals surface area (Å²) in [6.07, 6.45) is 64.7. The van der Waals surface area contributed by atoms with Crippen LogP contribution in [0.25, 0.3) is 0 Å². The highest BCUT2D eigenvalue weighted by Gasteiger charge is 2.47. The lowest BCUT2D eigenvalue weighted by Gasteiger charge is -2.41. The molecule has 8 unspecified atom stereocenters. The minimum absolute atomic E-state index is 0.112. The van der Waals surface area contributed by atoms with E-state index >= 15 is 0 Å². The van der Waals surface area contributed by atoms with Gasteiger partial charge in [0, 0.05) is 6.42 Å². The van der Waals surface area contributed by atoms with E-state index in [0.29, 0.717) is 12.8 Å². The third-order valence-electron chi connectivity index (χ3n) is 15.3. The number of carbonyl (C=O) groups is 2. The fourth-order valence-corrected chi connectivity index (χ4v) is 10.0. The van der Waals surface area contributed by atoms with E-state index in [1.165, 1.54) is 122 Å². The quantitative estimate of drug-likeness (QED) is 0.0195. The van der Waals surface area contributed by atoms with Crippen LogP contribution in [0, 0.1) is 0 Å². The van der Waals surface area contributed by atoms with Crippen molar-refractivity contribution in [3.63, 3.8) is 0 Å². The number of esters is 1. The number of hydrogen-bond acceptors (Lipinski definition) is 10. The predicted octanol–water partition coefficient (Wildman–Crippen LogP) is 16.5. The Labute approximate surface area is 495 Å². The van der Waals surface area contributed by atoms with Crippen LogP contribution in [-0.2, 0) is 23.8 Å². The second-order valence-electron chi connectivity index (χ2n) is 22.8. The minimum Gasteiger partial charge on any atom is -0.454 e. The van der Waals surface area contributed by atoms with E-state index in [1.807, 2.05) is 6.08 Å². The molecule has 11 heteroatoms. The number of hydrogen-bond donors (Lipinski definition) is 6. The summed E-state index contributed by atoms with van der Waals surface area (Å²) in [4.78, 5) is 26.6. The normalized spacial score (nSPS) is 19.2. The van der Waals surface area contributed by atoms with E-state index in [-0.39, 0.29) is 19.4 Å². The summed E-state index contributed by atoms with van der Waals surface area (Å²) in [6, 6.07) is -1.03. The average Bonchev–Trinajstić information content (AvgIpc) is 3.47. The molecule has 0 aromatic heterocycles. The van der Waals surface area contributed by atoms with Gasteiger partial charge in [-0.25, -0.2) is 0 Å². The molecular formula is C70H123NO10. The molecule has 0 spiro atoms. The lowest BCUT2D eigenvalue weighted by Crippen LogP contribution is -2.61. The summed E-state index contributed by atoms with van der Waals surface area (Å²) in [6.45, 7) is 5.67. The zero-order chi connectivity index (χ0) is 58.9. The topological polar surface area (TPSA) is 175 Å². The standard InChI is InChI=1S/C70H123NO10/c1-4-7-10-13-16-19-22-25-27-28-29-30-31-32-33-34-35-36-37-40-43-46-49-52-55-58-65(75)81-68-67(77)66(76)64(59-72)80-70(68)79-60-61(62(73)56-53-50-47-44-41-38-24-21-18-15-12-9-6-3)71-69(78)63(74)57-54-51-48-45-42-39-26-23-20-17-14-11-8-5-2/h7,10,16,19-20,23,25,27,29-30,32-33,53,56,61-64,66-68,70,72-74,76-77H,4-6,8-9,11-15,17-18,21-22,24,26,28,31,34-52,54-55,57-60H2,1-3H3,(H,71,78)/b10-7-,19-16-,23-20-,27-25-,30-29-,33-32-,56-53+. The van der Waals surface area contributed by atoms with Gasteiger partial charge in [0.1, 0.15) is 24.4 Å². The molecule has 81 heavy (non-hydrogen) atoms. The van der Waals surface area contributed by atoms with Crippen molar-refractivity contribution in [2.75, 3.05) is 13.2 Å². The summed E-state index contributed by atoms with van der Waals surface area (Å²) >= 11 is 0. The van der Waals surface area contributed by atoms with E-state index in [0.717, 1.165) is 116 Å². The number of allylic oxidation sites excluding steroid dienone is 13. The van der Waals surface area contributed by atoms with E-state index in [2.05, 4.69) is 99.0 Å². The molecule has 1 fully saturated rings. The first-order valence-electron chi connectivity index (χ1n) is 33.4. The van der Waals surface area contributed by atoms with Gasteiger partial charge in [-0.2, -0.15) is 0 Å². The molecule has 8 atom stereocenters. The van der Waals surface area contributed by atoms with Crippen LogP contribution in [0.1, 0.15) is 284 Å².